The van der Waals surface area contributed by atoms with Crippen molar-refractivity contribution in [3.8, 4) is 0 Å². The van der Waals surface area contributed by atoms with E-state index in [1.807, 2.05) is 30.3 Å². The molecule has 1 aliphatic rings. The fourth-order valence-electron chi connectivity index (χ4n) is 4.84. The van der Waals surface area contributed by atoms with Gasteiger partial charge in [-0.15, -0.1) is 6.58 Å². The lowest BCUT2D eigenvalue weighted by molar-refractivity contribution is -0.173. The minimum Gasteiger partial charge on any atom is -0.465 e. The molecule has 0 saturated carbocycles. The molecule has 0 heterocycles. The molecule has 0 fully saturated rings. The van der Waals surface area contributed by atoms with Crippen LogP contribution in [-0.4, -0.2) is 25.2 Å². The lowest BCUT2D eigenvalue weighted by Crippen LogP contribution is -2.47. The number of allylic oxidation sites excluding steroid dienone is 1. The van der Waals surface area contributed by atoms with Crippen molar-refractivity contribution in [3.63, 3.8) is 0 Å². The Morgan fingerprint density at radius 2 is 1.43 bits per heavy atom. The summed E-state index contributed by atoms with van der Waals surface area (Å²) in [5, 5.41) is 4.46. The van der Waals surface area contributed by atoms with Crippen molar-refractivity contribution in [2.24, 2.45) is 5.41 Å². The predicted molar refractivity (Wildman–Crippen MR) is 118 cm³/mol. The molecule has 1 aliphatic carbocycles. The molecule has 4 heteroatoms. The molecule has 0 radical (unpaired) electrons. The van der Waals surface area contributed by atoms with Gasteiger partial charge in [0.15, 0.2) is 5.41 Å². The summed E-state index contributed by atoms with van der Waals surface area (Å²) >= 11 is 0. The highest BCUT2D eigenvalue weighted by molar-refractivity contribution is 6.12. The molecule has 3 aromatic rings. The summed E-state index contributed by atoms with van der Waals surface area (Å²) in [4.78, 5) is 26.3. The van der Waals surface area contributed by atoms with Crippen molar-refractivity contribution in [1.82, 2.24) is 0 Å². The number of ether oxygens (including phenoxy) is 2. The molecule has 0 N–H and O–H groups in total. The minimum absolute atomic E-state index is 0.169. The number of carbonyl (C=O) groups excluding carboxylic acids is 2. The van der Waals surface area contributed by atoms with E-state index in [1.54, 1.807) is 13.8 Å². The second kappa shape index (κ2) is 7.94. The van der Waals surface area contributed by atoms with Crippen LogP contribution in [0.1, 0.15) is 37.3 Å². The van der Waals surface area contributed by atoms with Crippen LogP contribution in [-0.2, 0) is 25.5 Å². The quantitative estimate of drug-likeness (QED) is 0.251. The number of hydrogen-bond acceptors (Lipinski definition) is 4. The molecule has 0 spiro atoms. The Balaban J connectivity index is 2.05. The van der Waals surface area contributed by atoms with E-state index in [0.29, 0.717) is 6.42 Å². The standard InChI is InChI=1S/C26H26O4/c1-4-17-15-26(24(27)29-5-2,25(28)30-6-3)16-22-20-13-8-7-11-18(20)19-12-9-10-14-21(19)23(17)22/h4,7-14,17H,1,5-6,15-16H2,2-3H3. The van der Waals surface area contributed by atoms with E-state index in [4.69, 9.17) is 9.47 Å². The van der Waals surface area contributed by atoms with Gasteiger partial charge in [0.1, 0.15) is 0 Å². The predicted octanol–water partition coefficient (Wildman–Crippen LogP) is 5.32. The van der Waals surface area contributed by atoms with Gasteiger partial charge in [-0.25, -0.2) is 0 Å². The zero-order valence-electron chi connectivity index (χ0n) is 17.4. The summed E-state index contributed by atoms with van der Waals surface area (Å²) in [7, 11) is 0. The van der Waals surface area contributed by atoms with Crippen LogP contribution in [0.4, 0.5) is 0 Å². The van der Waals surface area contributed by atoms with Gasteiger partial charge < -0.3 is 9.47 Å². The minimum atomic E-state index is -1.37. The smallest absolute Gasteiger partial charge is 0.323 e. The van der Waals surface area contributed by atoms with Crippen molar-refractivity contribution in [3.05, 3.63) is 72.3 Å². The van der Waals surface area contributed by atoms with Crippen LogP contribution >= 0.6 is 0 Å². The summed E-state index contributed by atoms with van der Waals surface area (Å²) in [6.45, 7) is 7.97. The summed E-state index contributed by atoms with van der Waals surface area (Å²) in [5.74, 6) is -1.20. The van der Waals surface area contributed by atoms with Crippen LogP contribution < -0.4 is 0 Å². The van der Waals surface area contributed by atoms with E-state index in [-0.39, 0.29) is 25.6 Å². The van der Waals surface area contributed by atoms with E-state index < -0.39 is 17.4 Å². The highest BCUT2D eigenvalue weighted by Crippen LogP contribution is 2.49. The second-order valence-corrected chi connectivity index (χ2v) is 7.73. The van der Waals surface area contributed by atoms with Crippen molar-refractivity contribution in [1.29, 1.82) is 0 Å². The summed E-state index contributed by atoms with van der Waals surface area (Å²) in [6, 6.07) is 16.4. The molecule has 0 aliphatic heterocycles. The Morgan fingerprint density at radius 1 is 0.933 bits per heavy atom. The number of benzene rings is 3. The molecular weight excluding hydrogens is 376 g/mol. The van der Waals surface area contributed by atoms with Crippen LogP contribution in [0, 0.1) is 5.41 Å². The monoisotopic (exact) mass is 402 g/mol. The van der Waals surface area contributed by atoms with Gasteiger partial charge in [0, 0.05) is 12.3 Å². The first-order valence-corrected chi connectivity index (χ1v) is 10.5. The topological polar surface area (TPSA) is 52.6 Å². The molecule has 4 nitrogen and oxygen atoms in total. The molecule has 0 saturated heterocycles. The molecular formula is C26H26O4. The van der Waals surface area contributed by atoms with Gasteiger partial charge >= 0.3 is 11.9 Å². The fraction of sp³-hybridized carbons (Fsp3) is 0.308. The Morgan fingerprint density at radius 3 is 1.97 bits per heavy atom. The van der Waals surface area contributed by atoms with Gasteiger partial charge in [-0.2, -0.15) is 0 Å². The van der Waals surface area contributed by atoms with Gasteiger partial charge in [0.25, 0.3) is 0 Å². The maximum Gasteiger partial charge on any atom is 0.323 e. The third-order valence-corrected chi connectivity index (χ3v) is 6.12. The van der Waals surface area contributed by atoms with Gasteiger partial charge in [-0.05, 0) is 52.9 Å². The normalized spacial score (nSPS) is 17.3. The maximum absolute atomic E-state index is 13.1. The lowest BCUT2D eigenvalue weighted by atomic mass is 9.65. The summed E-state index contributed by atoms with van der Waals surface area (Å²) < 4.78 is 10.8. The maximum atomic E-state index is 13.1. The van der Waals surface area contributed by atoms with Crippen molar-refractivity contribution in [2.45, 2.75) is 32.6 Å². The van der Waals surface area contributed by atoms with Crippen LogP contribution in [0.5, 0.6) is 0 Å². The molecule has 1 unspecified atom stereocenters. The third kappa shape index (κ3) is 2.98. The van der Waals surface area contributed by atoms with Crippen molar-refractivity contribution in [2.75, 3.05) is 13.2 Å². The van der Waals surface area contributed by atoms with Gasteiger partial charge in [-0.3, -0.25) is 9.59 Å². The third-order valence-electron chi connectivity index (χ3n) is 6.12. The zero-order valence-corrected chi connectivity index (χ0v) is 17.4. The highest BCUT2D eigenvalue weighted by atomic mass is 16.6. The van der Waals surface area contributed by atoms with Crippen LogP contribution in [0.15, 0.2) is 61.2 Å². The fourth-order valence-corrected chi connectivity index (χ4v) is 4.84. The molecule has 1 atom stereocenters. The first kappa shape index (κ1) is 20.1. The molecule has 0 amide bonds. The number of carbonyl (C=O) groups is 2. The summed E-state index contributed by atoms with van der Waals surface area (Å²) in [5.41, 5.74) is 0.772. The Labute approximate surface area is 176 Å². The van der Waals surface area contributed by atoms with E-state index in [2.05, 4.69) is 30.8 Å². The molecule has 30 heavy (non-hydrogen) atoms. The molecule has 4 rings (SSSR count). The van der Waals surface area contributed by atoms with E-state index in [1.165, 1.54) is 5.39 Å². The second-order valence-electron chi connectivity index (χ2n) is 7.73. The zero-order chi connectivity index (χ0) is 21.3. The van der Waals surface area contributed by atoms with Crippen molar-refractivity contribution >= 4 is 33.5 Å². The lowest BCUT2D eigenvalue weighted by Gasteiger charge is -2.38. The number of hydrogen-bond donors (Lipinski definition) is 0. The van der Waals surface area contributed by atoms with Crippen molar-refractivity contribution < 1.29 is 19.1 Å². The van der Waals surface area contributed by atoms with Crippen LogP contribution in [0.25, 0.3) is 21.5 Å². The average molecular weight is 402 g/mol. The Bertz CT molecular complexity index is 1130. The Hall–Kier alpha value is -3.14. The van der Waals surface area contributed by atoms with E-state index >= 15 is 0 Å². The first-order chi connectivity index (χ1) is 14.6. The van der Waals surface area contributed by atoms with Gasteiger partial charge in [0.2, 0.25) is 0 Å². The number of rotatable bonds is 5. The number of fused-ring (bicyclic) bond motifs is 6. The Kier molecular flexibility index (Phi) is 5.33. The van der Waals surface area contributed by atoms with Crippen LogP contribution in [0.2, 0.25) is 0 Å². The van der Waals surface area contributed by atoms with E-state index in [0.717, 1.165) is 27.3 Å². The number of esters is 2. The molecule has 154 valence electrons. The van der Waals surface area contributed by atoms with E-state index in [9.17, 15) is 9.59 Å². The first-order valence-electron chi connectivity index (χ1n) is 10.5. The highest BCUT2D eigenvalue weighted by Gasteiger charge is 2.53. The molecule has 3 aromatic carbocycles. The molecule has 0 bridgehead atoms. The van der Waals surface area contributed by atoms with Gasteiger partial charge in [-0.1, -0.05) is 54.6 Å². The molecule has 0 aromatic heterocycles. The van der Waals surface area contributed by atoms with Gasteiger partial charge in [0.05, 0.1) is 13.2 Å². The average Bonchev–Trinajstić information content (AvgIpc) is 2.78. The summed E-state index contributed by atoms with van der Waals surface area (Å²) in [6.07, 6.45) is 2.39. The SMILES string of the molecule is C=CC1CC(C(=O)OCC)(C(=O)OCC)Cc2c1c1ccccc1c1ccccc21. The van der Waals surface area contributed by atoms with Crippen LogP contribution in [0.3, 0.4) is 0 Å². The largest absolute Gasteiger partial charge is 0.465 e.